The Hall–Kier alpha value is -1.06. The highest BCUT2D eigenvalue weighted by Gasteiger charge is 2.18. The number of methoxy groups -OCH3 is 1. The summed E-state index contributed by atoms with van der Waals surface area (Å²) in [4.78, 5) is 21.2. The normalized spacial score (nSPS) is 14.7. The van der Waals surface area contributed by atoms with Crippen molar-refractivity contribution < 1.29 is 19.4 Å². The molecule has 4 heteroatoms. The van der Waals surface area contributed by atoms with Gasteiger partial charge in [0.15, 0.2) is 0 Å². The van der Waals surface area contributed by atoms with E-state index in [1.165, 1.54) is 7.11 Å². The molecule has 0 aromatic heterocycles. The summed E-state index contributed by atoms with van der Waals surface area (Å²) in [5.41, 5.74) is 0. The number of aliphatic carboxylic acids is 1. The van der Waals surface area contributed by atoms with Crippen LogP contribution in [0.3, 0.4) is 0 Å². The molecule has 0 bridgehead atoms. The first-order chi connectivity index (χ1) is 5.97. The van der Waals surface area contributed by atoms with Crippen LogP contribution in [0.25, 0.3) is 0 Å². The first-order valence-corrected chi connectivity index (χ1v) is 4.26. The van der Waals surface area contributed by atoms with Crippen LogP contribution in [0.15, 0.2) is 0 Å². The van der Waals surface area contributed by atoms with Crippen LogP contribution < -0.4 is 0 Å². The predicted molar refractivity (Wildman–Crippen MR) is 47.2 cm³/mol. The lowest BCUT2D eigenvalue weighted by Crippen LogP contribution is -2.17. The van der Waals surface area contributed by atoms with Crippen molar-refractivity contribution in [3.8, 4) is 0 Å². The van der Waals surface area contributed by atoms with Gasteiger partial charge in [0.1, 0.15) is 0 Å². The van der Waals surface area contributed by atoms with Crippen molar-refractivity contribution in [2.24, 2.45) is 11.8 Å². The lowest BCUT2D eigenvalue weighted by atomic mass is 9.90. The van der Waals surface area contributed by atoms with Crippen LogP contribution in [0.4, 0.5) is 0 Å². The third kappa shape index (κ3) is 5.22. The molecule has 0 aromatic carbocycles. The molecule has 0 radical (unpaired) electrons. The quantitative estimate of drug-likeness (QED) is 0.660. The van der Waals surface area contributed by atoms with E-state index in [0.29, 0.717) is 0 Å². The van der Waals surface area contributed by atoms with E-state index in [1.54, 1.807) is 0 Å². The van der Waals surface area contributed by atoms with E-state index in [0.717, 1.165) is 0 Å². The van der Waals surface area contributed by atoms with Gasteiger partial charge >= 0.3 is 11.9 Å². The number of ether oxygens (including phenoxy) is 1. The maximum absolute atomic E-state index is 10.8. The van der Waals surface area contributed by atoms with Crippen LogP contribution in [0.2, 0.25) is 0 Å². The van der Waals surface area contributed by atoms with Gasteiger partial charge in [-0.1, -0.05) is 13.8 Å². The van der Waals surface area contributed by atoms with Gasteiger partial charge in [-0.15, -0.1) is 0 Å². The lowest BCUT2D eigenvalue weighted by molar-refractivity contribution is -0.143. The average Bonchev–Trinajstić information content (AvgIpc) is 2.02. The van der Waals surface area contributed by atoms with Gasteiger partial charge < -0.3 is 9.84 Å². The molecular weight excluding hydrogens is 172 g/mol. The highest BCUT2D eigenvalue weighted by molar-refractivity contribution is 5.70. The molecule has 0 amide bonds. The zero-order chi connectivity index (χ0) is 10.4. The number of hydrogen-bond donors (Lipinski definition) is 1. The molecule has 0 heterocycles. The molecule has 1 N–H and O–H groups in total. The molecule has 2 atom stereocenters. The Morgan fingerprint density at radius 3 is 2.08 bits per heavy atom. The highest BCUT2D eigenvalue weighted by Crippen LogP contribution is 2.18. The first-order valence-electron chi connectivity index (χ1n) is 4.26. The second-order valence-electron chi connectivity index (χ2n) is 3.33. The van der Waals surface area contributed by atoms with Crippen molar-refractivity contribution in [3.05, 3.63) is 0 Å². The molecule has 76 valence electrons. The van der Waals surface area contributed by atoms with Gasteiger partial charge in [-0.05, 0) is 11.8 Å². The second-order valence-corrected chi connectivity index (χ2v) is 3.33. The van der Waals surface area contributed by atoms with E-state index < -0.39 is 5.97 Å². The third-order valence-electron chi connectivity index (χ3n) is 2.18. The number of carbonyl (C=O) groups is 2. The van der Waals surface area contributed by atoms with Gasteiger partial charge in [0.05, 0.1) is 7.11 Å². The van der Waals surface area contributed by atoms with E-state index in [9.17, 15) is 9.59 Å². The molecule has 0 aliphatic heterocycles. The molecule has 0 saturated heterocycles. The maximum atomic E-state index is 10.8. The third-order valence-corrected chi connectivity index (χ3v) is 2.18. The molecule has 13 heavy (non-hydrogen) atoms. The fraction of sp³-hybridized carbons (Fsp3) is 0.778. The summed E-state index contributed by atoms with van der Waals surface area (Å²) in [6.45, 7) is 3.67. The number of carboxylic acids is 1. The zero-order valence-electron chi connectivity index (χ0n) is 8.24. The van der Waals surface area contributed by atoms with Crippen molar-refractivity contribution in [1.29, 1.82) is 0 Å². The number of carbonyl (C=O) groups excluding carboxylic acids is 1. The summed E-state index contributed by atoms with van der Waals surface area (Å²) in [5, 5.41) is 8.51. The lowest BCUT2D eigenvalue weighted by Gasteiger charge is -2.16. The van der Waals surface area contributed by atoms with Crippen molar-refractivity contribution in [1.82, 2.24) is 0 Å². The molecule has 4 nitrogen and oxygen atoms in total. The number of carboxylic acid groups (broad SMARTS) is 1. The Morgan fingerprint density at radius 1 is 1.23 bits per heavy atom. The molecule has 0 spiro atoms. The summed E-state index contributed by atoms with van der Waals surface area (Å²) in [5.74, 6) is -1.07. The molecule has 0 fully saturated rings. The standard InChI is InChI=1S/C9H16O4/c1-6(4-8(10)11)7(2)5-9(12)13-3/h6-7H,4-5H2,1-3H3,(H,10,11)/t6-,7-/m0/s1. The summed E-state index contributed by atoms with van der Waals surface area (Å²) < 4.78 is 4.49. The topological polar surface area (TPSA) is 63.6 Å². The predicted octanol–water partition coefficient (Wildman–Crippen LogP) is 1.30. The van der Waals surface area contributed by atoms with Crippen LogP contribution in [0.1, 0.15) is 26.7 Å². The summed E-state index contributed by atoms with van der Waals surface area (Å²) >= 11 is 0. The van der Waals surface area contributed by atoms with Gasteiger partial charge in [0.25, 0.3) is 0 Å². The van der Waals surface area contributed by atoms with Crippen LogP contribution >= 0.6 is 0 Å². The Morgan fingerprint density at radius 2 is 1.69 bits per heavy atom. The molecular formula is C9H16O4. The second kappa shape index (κ2) is 5.56. The average molecular weight is 188 g/mol. The van der Waals surface area contributed by atoms with Gasteiger partial charge in [0, 0.05) is 12.8 Å². The van der Waals surface area contributed by atoms with Gasteiger partial charge in [0.2, 0.25) is 0 Å². The van der Waals surface area contributed by atoms with Crippen molar-refractivity contribution in [2.75, 3.05) is 7.11 Å². The molecule has 0 rings (SSSR count). The van der Waals surface area contributed by atoms with Gasteiger partial charge in [-0.3, -0.25) is 9.59 Å². The zero-order valence-corrected chi connectivity index (χ0v) is 8.24. The Balaban J connectivity index is 3.88. The Bertz CT molecular complexity index is 188. The van der Waals surface area contributed by atoms with Gasteiger partial charge in [-0.2, -0.15) is 0 Å². The summed E-state index contributed by atoms with van der Waals surface area (Å²) in [7, 11) is 1.33. The van der Waals surface area contributed by atoms with Crippen LogP contribution in [-0.2, 0) is 14.3 Å². The number of hydrogen-bond acceptors (Lipinski definition) is 3. The minimum atomic E-state index is -0.829. The highest BCUT2D eigenvalue weighted by atomic mass is 16.5. The smallest absolute Gasteiger partial charge is 0.305 e. The summed E-state index contributed by atoms with van der Waals surface area (Å²) in [6, 6.07) is 0. The Labute approximate surface area is 77.9 Å². The number of rotatable bonds is 5. The molecule has 0 unspecified atom stereocenters. The number of esters is 1. The van der Waals surface area contributed by atoms with Gasteiger partial charge in [-0.25, -0.2) is 0 Å². The fourth-order valence-electron chi connectivity index (χ4n) is 1.02. The molecule has 0 aliphatic carbocycles. The minimum Gasteiger partial charge on any atom is -0.481 e. The molecule has 0 aromatic rings. The Kier molecular flexibility index (Phi) is 5.11. The van der Waals surface area contributed by atoms with Crippen LogP contribution in [0, 0.1) is 11.8 Å². The first kappa shape index (κ1) is 11.9. The molecule has 0 saturated carbocycles. The van der Waals surface area contributed by atoms with E-state index in [-0.39, 0.29) is 30.6 Å². The molecule has 0 aliphatic rings. The van der Waals surface area contributed by atoms with Crippen molar-refractivity contribution in [2.45, 2.75) is 26.7 Å². The van der Waals surface area contributed by atoms with Crippen molar-refractivity contribution in [3.63, 3.8) is 0 Å². The van der Waals surface area contributed by atoms with E-state index >= 15 is 0 Å². The van der Waals surface area contributed by atoms with E-state index in [1.807, 2.05) is 13.8 Å². The summed E-state index contributed by atoms with van der Waals surface area (Å²) in [6.07, 6.45) is 0.378. The van der Waals surface area contributed by atoms with Crippen molar-refractivity contribution >= 4 is 11.9 Å². The monoisotopic (exact) mass is 188 g/mol. The van der Waals surface area contributed by atoms with Crippen LogP contribution in [0.5, 0.6) is 0 Å². The van der Waals surface area contributed by atoms with E-state index in [2.05, 4.69) is 4.74 Å². The van der Waals surface area contributed by atoms with Crippen LogP contribution in [-0.4, -0.2) is 24.2 Å². The fourth-order valence-corrected chi connectivity index (χ4v) is 1.02. The minimum absolute atomic E-state index is 0.00315. The van der Waals surface area contributed by atoms with E-state index in [4.69, 9.17) is 5.11 Å². The largest absolute Gasteiger partial charge is 0.481 e. The SMILES string of the molecule is COC(=O)C[C@H](C)[C@@H](C)CC(=O)O. The maximum Gasteiger partial charge on any atom is 0.305 e.